The maximum absolute atomic E-state index is 13.5. The van der Waals surface area contributed by atoms with Crippen LogP contribution in [0, 0.1) is 11.6 Å². The molecule has 0 radical (unpaired) electrons. The van der Waals surface area contributed by atoms with Crippen molar-refractivity contribution in [1.82, 2.24) is 20.8 Å². The molecule has 1 saturated heterocycles. The van der Waals surface area contributed by atoms with Crippen molar-refractivity contribution in [2.24, 2.45) is 0 Å². The second-order valence-electron chi connectivity index (χ2n) is 13.6. The minimum atomic E-state index is -0.380. The number of nitrogens with one attached hydrogen (secondary N) is 6. The van der Waals surface area contributed by atoms with Gasteiger partial charge < -0.3 is 50.2 Å². The van der Waals surface area contributed by atoms with Crippen molar-refractivity contribution in [2.75, 3.05) is 39.7 Å². The third-order valence-electron chi connectivity index (χ3n) is 9.27. The summed E-state index contributed by atoms with van der Waals surface area (Å²) in [5.74, 6) is 0.753. The maximum atomic E-state index is 13.5. The molecular weight excluding hydrogens is 1000 g/mol. The van der Waals surface area contributed by atoms with E-state index in [2.05, 4.69) is 92.2 Å². The Morgan fingerprint density at radius 1 is 0.635 bits per heavy atom. The zero-order valence-electron chi connectivity index (χ0n) is 33.1. The van der Waals surface area contributed by atoms with Crippen molar-refractivity contribution >= 4 is 146 Å². The predicted octanol–water partition coefficient (Wildman–Crippen LogP) is 11.9. The number of thiocarbonyl (C=S) groups is 3. The highest BCUT2D eigenvalue weighted by atomic mass is 79.9. The number of hydrogen-bond acceptors (Lipinski definition) is 10. The number of hydrogen-bond donors (Lipinski definition) is 6. The minimum absolute atomic E-state index is 0.196. The van der Waals surface area contributed by atoms with Gasteiger partial charge in [0.15, 0.2) is 49.5 Å². The summed E-state index contributed by atoms with van der Waals surface area (Å²) >= 11 is 22.5. The van der Waals surface area contributed by atoms with Crippen LogP contribution >= 0.6 is 68.5 Å². The topological polar surface area (TPSA) is 160 Å². The Balaban J connectivity index is 0.000000142. The van der Waals surface area contributed by atoms with Crippen molar-refractivity contribution in [3.8, 4) is 0 Å². The number of aryl methyl sites for hydroxylation is 1. The van der Waals surface area contributed by atoms with E-state index in [-0.39, 0.29) is 22.9 Å². The molecule has 63 heavy (non-hydrogen) atoms. The van der Waals surface area contributed by atoms with Crippen LogP contribution in [0.4, 0.5) is 37.6 Å². The third-order valence-corrected chi connectivity index (χ3v) is 10.9. The second kappa shape index (κ2) is 21.6. The van der Waals surface area contributed by atoms with Gasteiger partial charge in [-0.1, -0.05) is 84.6 Å². The Hall–Kier alpha value is -5.64. The summed E-state index contributed by atoms with van der Waals surface area (Å²) in [5, 5.41) is 33.1. The van der Waals surface area contributed by atoms with Gasteiger partial charge in [0.05, 0.1) is 28.0 Å². The zero-order valence-corrected chi connectivity index (χ0v) is 38.8. The number of fused-ring (bicyclic) bond motifs is 3. The first-order valence-corrected chi connectivity index (χ1v) is 22.1. The quantitative estimate of drug-likeness (QED) is 0.0798. The predicted molar refractivity (Wildman–Crippen MR) is 262 cm³/mol. The molecule has 1 atom stereocenters. The highest BCUT2D eigenvalue weighted by molar-refractivity contribution is 9.10. The van der Waals surface area contributed by atoms with Crippen molar-refractivity contribution in [1.29, 1.82) is 0 Å². The molecule has 1 aliphatic heterocycles. The fraction of sp³-hybridized carbons (Fsp3) is 0.163. The van der Waals surface area contributed by atoms with Gasteiger partial charge in [0.2, 0.25) is 0 Å². The van der Waals surface area contributed by atoms with Gasteiger partial charge in [-0.05, 0) is 134 Å². The molecule has 13 nitrogen and oxygen atoms in total. The minimum Gasteiger partial charge on any atom is -0.376 e. The number of rotatable bonds is 8. The average Bonchev–Trinajstić information content (AvgIpc) is 4.10. The van der Waals surface area contributed by atoms with Crippen molar-refractivity contribution in [2.45, 2.75) is 32.3 Å². The second-order valence-corrected chi connectivity index (χ2v) is 16.7. The molecule has 0 spiro atoms. The first kappa shape index (κ1) is 45.4. The van der Waals surface area contributed by atoms with Crippen molar-refractivity contribution in [3.05, 3.63) is 129 Å². The summed E-state index contributed by atoms with van der Waals surface area (Å²) < 4.78 is 49.7. The van der Waals surface area contributed by atoms with E-state index in [1.165, 1.54) is 29.8 Å². The molecule has 20 heteroatoms. The van der Waals surface area contributed by atoms with Gasteiger partial charge in [0.1, 0.15) is 11.6 Å². The highest BCUT2D eigenvalue weighted by Gasteiger charge is 2.17. The molecule has 324 valence electrons. The number of benzene rings is 5. The van der Waals surface area contributed by atoms with Gasteiger partial charge >= 0.3 is 0 Å². The molecule has 0 aliphatic carbocycles. The largest absolute Gasteiger partial charge is 0.376 e. The van der Waals surface area contributed by atoms with Crippen LogP contribution in [0.3, 0.4) is 0 Å². The SMILES string of the molecule is CCc1ccccc1NC(=S)Nc1noc2ccc(Br)cc12.Fc1ccc2onc(NC(=S)NCC3CCCO3)c2c1.Fc1ccccc1NC(=S)Nc1noc2ccc(Br)cc12. The molecule has 1 unspecified atom stereocenters. The van der Waals surface area contributed by atoms with Gasteiger partial charge in [-0.15, -0.1) is 0 Å². The lowest BCUT2D eigenvalue weighted by molar-refractivity contribution is 0.114. The normalized spacial score (nSPS) is 13.1. The van der Waals surface area contributed by atoms with Crippen LogP contribution in [0.2, 0.25) is 0 Å². The molecule has 0 saturated carbocycles. The summed E-state index contributed by atoms with van der Waals surface area (Å²) in [6.07, 6.45) is 3.25. The van der Waals surface area contributed by atoms with E-state index in [0.717, 1.165) is 51.3 Å². The lowest BCUT2D eigenvalue weighted by Gasteiger charge is -2.12. The molecule has 0 bridgehead atoms. The van der Waals surface area contributed by atoms with Crippen LogP contribution in [0.25, 0.3) is 32.9 Å². The van der Waals surface area contributed by atoms with E-state index in [9.17, 15) is 8.78 Å². The summed E-state index contributed by atoms with van der Waals surface area (Å²) in [6, 6.07) is 29.8. The molecule has 5 aromatic carbocycles. The van der Waals surface area contributed by atoms with Gasteiger partial charge in [-0.25, -0.2) is 8.78 Å². The zero-order chi connectivity index (χ0) is 44.3. The molecule has 1 fully saturated rings. The number of nitrogens with zero attached hydrogens (tertiary/aromatic N) is 3. The fourth-order valence-corrected chi connectivity index (χ4v) is 7.52. The van der Waals surface area contributed by atoms with Crippen LogP contribution in [0.15, 0.2) is 126 Å². The Labute approximate surface area is 392 Å². The van der Waals surface area contributed by atoms with E-state index >= 15 is 0 Å². The van der Waals surface area contributed by atoms with E-state index in [0.29, 0.717) is 62.0 Å². The van der Waals surface area contributed by atoms with E-state index in [4.69, 9.17) is 55.0 Å². The summed E-state index contributed by atoms with van der Waals surface area (Å²) in [4.78, 5) is 0. The lowest BCUT2D eigenvalue weighted by Crippen LogP contribution is -2.34. The van der Waals surface area contributed by atoms with Gasteiger partial charge in [-0.2, -0.15) is 0 Å². The number of para-hydroxylation sites is 2. The molecule has 4 heterocycles. The number of ether oxygens (including phenoxy) is 1. The average molecular weight is 1040 g/mol. The first-order valence-electron chi connectivity index (χ1n) is 19.3. The van der Waals surface area contributed by atoms with Gasteiger partial charge in [-0.3, -0.25) is 0 Å². The van der Waals surface area contributed by atoms with E-state index < -0.39 is 0 Å². The number of halogens is 4. The van der Waals surface area contributed by atoms with Crippen LogP contribution in [-0.4, -0.2) is 50.1 Å². The van der Waals surface area contributed by atoms with Crippen LogP contribution in [0.1, 0.15) is 25.3 Å². The van der Waals surface area contributed by atoms with Gasteiger partial charge in [0, 0.05) is 27.8 Å². The molecule has 6 N–H and O–H groups in total. The Morgan fingerprint density at radius 2 is 1.14 bits per heavy atom. The number of aromatic nitrogens is 3. The Morgan fingerprint density at radius 3 is 1.70 bits per heavy atom. The van der Waals surface area contributed by atoms with E-state index in [1.807, 2.05) is 48.5 Å². The third kappa shape index (κ3) is 12.3. The van der Waals surface area contributed by atoms with Crippen LogP contribution < -0.4 is 31.9 Å². The number of anilines is 5. The smallest absolute Gasteiger partial charge is 0.183 e. The fourth-order valence-electron chi connectivity index (χ4n) is 6.20. The Kier molecular flexibility index (Phi) is 15.6. The Bertz CT molecular complexity index is 2890. The molecule has 3 aromatic heterocycles. The first-order chi connectivity index (χ1) is 30.5. The monoisotopic (exact) mass is 1040 g/mol. The molecule has 0 amide bonds. The van der Waals surface area contributed by atoms with Gasteiger partial charge in [0.25, 0.3) is 0 Å². The van der Waals surface area contributed by atoms with Crippen LogP contribution in [-0.2, 0) is 11.2 Å². The molecular formula is C43H37Br2F2N9O4S3. The molecule has 1 aliphatic rings. The summed E-state index contributed by atoms with van der Waals surface area (Å²) in [6.45, 7) is 3.56. The van der Waals surface area contributed by atoms with Crippen molar-refractivity contribution in [3.63, 3.8) is 0 Å². The molecule has 8 aromatic rings. The maximum Gasteiger partial charge on any atom is 0.183 e. The van der Waals surface area contributed by atoms with Crippen LogP contribution in [0.5, 0.6) is 0 Å². The highest BCUT2D eigenvalue weighted by Crippen LogP contribution is 2.28. The summed E-state index contributed by atoms with van der Waals surface area (Å²) in [5.41, 5.74) is 4.35. The molecule has 9 rings (SSSR count). The summed E-state index contributed by atoms with van der Waals surface area (Å²) in [7, 11) is 0. The standard InChI is InChI=1S/C16H14BrN3OS.C14H9BrFN3OS.C13H14FN3O2S/c1-2-10-5-3-4-6-13(10)18-16(22)19-15-12-9-11(17)7-8-14(12)21-20-15;15-8-5-6-12-9(7-8)13(19-20-12)18-14(21)17-11-4-2-1-3-10(11)16;14-8-3-4-11-10(6-8)12(17-19-11)16-13(20)15-7-9-2-1-5-18-9/h3-9H,2H2,1H3,(H2,18,19,20,22);1-7H,(H2,17,18,19,21);3-4,6,9H,1-2,5,7H2,(H2,15,16,17,20). The van der Waals surface area contributed by atoms with Crippen molar-refractivity contribution < 1.29 is 27.1 Å². The lowest BCUT2D eigenvalue weighted by atomic mass is 10.1. The van der Waals surface area contributed by atoms with E-state index in [1.54, 1.807) is 24.3 Å².